The largest absolute Gasteiger partial charge is 0.397 e. The van der Waals surface area contributed by atoms with Gasteiger partial charge in [0.25, 0.3) is 11.8 Å². The number of halogens is 1. The summed E-state index contributed by atoms with van der Waals surface area (Å²) in [4.78, 5) is 39.8. The Bertz CT molecular complexity index is 1330. The number of hydrogen-bond acceptors (Lipinski definition) is 6. The van der Waals surface area contributed by atoms with Crippen molar-refractivity contribution in [1.29, 1.82) is 5.53 Å². The Balaban J connectivity index is 1.87. The van der Waals surface area contributed by atoms with Crippen molar-refractivity contribution in [1.82, 2.24) is 0 Å². The molecule has 3 N–H and O–H groups in total. The number of benzene rings is 3. The lowest BCUT2D eigenvalue weighted by molar-refractivity contribution is 0.0926. The molecule has 0 fully saturated rings. The number of Topliss-reactive ketones (excluding diaryl/α,β-unsaturated/α-hetero) is 1. The Labute approximate surface area is 188 Å². The summed E-state index contributed by atoms with van der Waals surface area (Å²) in [6, 6.07) is 17.2. The van der Waals surface area contributed by atoms with Crippen LogP contribution >= 0.6 is 11.6 Å². The third kappa shape index (κ3) is 3.48. The number of carbonyl (C=O) groups is 3. The van der Waals surface area contributed by atoms with Gasteiger partial charge in [0.15, 0.2) is 5.78 Å². The van der Waals surface area contributed by atoms with Gasteiger partial charge in [0, 0.05) is 11.1 Å². The molecule has 0 saturated carbocycles. The minimum atomic E-state index is -0.591. The summed E-state index contributed by atoms with van der Waals surface area (Å²) in [5.41, 5.74) is 15.5. The topological polar surface area (TPSA) is 117 Å². The van der Waals surface area contributed by atoms with Crippen LogP contribution in [0.25, 0.3) is 16.8 Å². The summed E-state index contributed by atoms with van der Waals surface area (Å²) in [7, 11) is 0. The number of amides is 2. The predicted octanol–water partition coefficient (Wildman–Crippen LogP) is 5.30. The molecule has 0 aliphatic carbocycles. The minimum Gasteiger partial charge on any atom is -0.397 e. The number of anilines is 1. The van der Waals surface area contributed by atoms with Crippen molar-refractivity contribution in [3.05, 3.63) is 94.1 Å². The van der Waals surface area contributed by atoms with E-state index < -0.39 is 11.8 Å². The lowest BCUT2D eigenvalue weighted by Gasteiger charge is -2.18. The first kappa shape index (κ1) is 21.1. The third-order valence-corrected chi connectivity index (χ3v) is 5.53. The Hall–Kier alpha value is -4.10. The van der Waals surface area contributed by atoms with Gasteiger partial charge in [-0.05, 0) is 42.3 Å². The van der Waals surface area contributed by atoms with E-state index in [2.05, 4.69) is 5.11 Å². The van der Waals surface area contributed by atoms with Gasteiger partial charge in [-0.3, -0.25) is 14.4 Å². The predicted molar refractivity (Wildman–Crippen MR) is 122 cm³/mol. The van der Waals surface area contributed by atoms with Crippen LogP contribution in [0.4, 0.5) is 5.69 Å². The van der Waals surface area contributed by atoms with Crippen molar-refractivity contribution < 1.29 is 14.4 Å². The first-order chi connectivity index (χ1) is 15.3. The number of ketones is 1. The Morgan fingerprint density at radius 2 is 1.62 bits per heavy atom. The number of nitrogens with one attached hydrogen (secondary N) is 1. The smallest absolute Gasteiger partial charge is 0.266 e. The molecule has 7 nitrogen and oxygen atoms in total. The molecule has 0 spiro atoms. The Morgan fingerprint density at radius 1 is 0.969 bits per heavy atom. The maximum Gasteiger partial charge on any atom is 0.266 e. The monoisotopic (exact) mass is 444 g/mol. The van der Waals surface area contributed by atoms with E-state index in [1.807, 2.05) is 30.3 Å². The molecule has 2 amide bonds. The molecule has 4 rings (SSSR count). The molecule has 3 aromatic rings. The summed E-state index contributed by atoms with van der Waals surface area (Å²) in [5.74, 6) is -1.45. The van der Waals surface area contributed by atoms with Crippen LogP contribution in [0.3, 0.4) is 0 Å². The molecule has 1 aliphatic rings. The number of hydrogen-bond donors (Lipinski definition) is 2. The van der Waals surface area contributed by atoms with Crippen molar-refractivity contribution in [3.8, 4) is 11.1 Å². The highest BCUT2D eigenvalue weighted by Gasteiger charge is 2.39. The van der Waals surface area contributed by atoms with Crippen LogP contribution in [-0.2, 0) is 0 Å². The first-order valence-corrected chi connectivity index (χ1v) is 9.96. The van der Waals surface area contributed by atoms with Gasteiger partial charge in [-0.1, -0.05) is 48.0 Å². The molecule has 0 atom stereocenters. The van der Waals surface area contributed by atoms with Gasteiger partial charge in [-0.15, -0.1) is 0 Å². The van der Waals surface area contributed by atoms with Crippen LogP contribution in [0.2, 0.25) is 5.02 Å². The SMILES string of the molecule is CC(=O)c1ccc(-c2ccccc2)cc1N1C(=O)c2cc(Cl)c(/C(N)=C/N=N)cc2C1=O. The van der Waals surface area contributed by atoms with E-state index in [1.54, 1.807) is 18.2 Å². The molecular formula is C24H17ClN4O3. The zero-order valence-corrected chi connectivity index (χ0v) is 17.7. The lowest BCUT2D eigenvalue weighted by Crippen LogP contribution is -2.30. The van der Waals surface area contributed by atoms with Gasteiger partial charge >= 0.3 is 0 Å². The second-order valence-electron chi connectivity index (χ2n) is 7.19. The molecule has 1 aliphatic heterocycles. The summed E-state index contributed by atoms with van der Waals surface area (Å²) in [5, 5.41) is 3.26. The summed E-state index contributed by atoms with van der Waals surface area (Å²) in [6.45, 7) is 1.38. The molecule has 0 bridgehead atoms. The van der Waals surface area contributed by atoms with Gasteiger partial charge in [-0.2, -0.15) is 5.11 Å². The number of nitrogens with two attached hydrogens (primary N) is 1. The van der Waals surface area contributed by atoms with E-state index in [0.717, 1.165) is 22.2 Å². The van der Waals surface area contributed by atoms with Crippen molar-refractivity contribution in [2.75, 3.05) is 4.90 Å². The van der Waals surface area contributed by atoms with Crippen LogP contribution < -0.4 is 10.6 Å². The molecule has 1 heterocycles. The molecule has 0 unspecified atom stereocenters. The quantitative estimate of drug-likeness (QED) is 0.315. The summed E-state index contributed by atoms with van der Waals surface area (Å²) < 4.78 is 0. The van der Waals surface area contributed by atoms with Crippen LogP contribution in [0, 0.1) is 5.53 Å². The van der Waals surface area contributed by atoms with Crippen molar-refractivity contribution in [2.24, 2.45) is 10.8 Å². The highest BCUT2D eigenvalue weighted by atomic mass is 35.5. The summed E-state index contributed by atoms with van der Waals surface area (Å²) in [6.07, 6.45) is 1.09. The number of imide groups is 1. The zero-order chi connectivity index (χ0) is 23.0. The first-order valence-electron chi connectivity index (χ1n) is 9.58. The van der Waals surface area contributed by atoms with Crippen LogP contribution in [0.1, 0.15) is 43.6 Å². The summed E-state index contributed by atoms with van der Waals surface area (Å²) >= 11 is 6.27. The Morgan fingerprint density at radius 3 is 2.25 bits per heavy atom. The van der Waals surface area contributed by atoms with Crippen LogP contribution in [-0.4, -0.2) is 17.6 Å². The van der Waals surface area contributed by atoms with Crippen molar-refractivity contribution in [2.45, 2.75) is 6.92 Å². The van der Waals surface area contributed by atoms with E-state index in [9.17, 15) is 14.4 Å². The maximum absolute atomic E-state index is 13.3. The molecule has 8 heteroatoms. The third-order valence-electron chi connectivity index (χ3n) is 5.21. The minimum absolute atomic E-state index is 0.0852. The van der Waals surface area contributed by atoms with Crippen LogP contribution in [0.15, 0.2) is 72.0 Å². The van der Waals surface area contributed by atoms with E-state index in [1.165, 1.54) is 19.1 Å². The molecule has 32 heavy (non-hydrogen) atoms. The second kappa shape index (κ2) is 8.20. The number of carbonyl (C=O) groups excluding carboxylic acids is 3. The van der Waals surface area contributed by atoms with E-state index in [0.29, 0.717) is 0 Å². The van der Waals surface area contributed by atoms with E-state index >= 15 is 0 Å². The maximum atomic E-state index is 13.3. The van der Waals surface area contributed by atoms with Gasteiger partial charge in [0.1, 0.15) is 0 Å². The fourth-order valence-corrected chi connectivity index (χ4v) is 3.94. The number of fused-ring (bicyclic) bond motifs is 1. The van der Waals surface area contributed by atoms with Gasteiger partial charge in [0.05, 0.1) is 33.7 Å². The molecule has 0 aromatic heterocycles. The highest BCUT2D eigenvalue weighted by Crippen LogP contribution is 2.37. The van der Waals surface area contributed by atoms with Gasteiger partial charge in [0.2, 0.25) is 0 Å². The van der Waals surface area contributed by atoms with Crippen molar-refractivity contribution in [3.63, 3.8) is 0 Å². The normalized spacial score (nSPS) is 13.3. The average molecular weight is 445 g/mol. The van der Waals surface area contributed by atoms with Gasteiger partial charge < -0.3 is 5.73 Å². The molecule has 158 valence electrons. The highest BCUT2D eigenvalue weighted by molar-refractivity contribution is 6.38. The lowest BCUT2D eigenvalue weighted by atomic mass is 10.00. The fourth-order valence-electron chi connectivity index (χ4n) is 3.66. The van der Waals surface area contributed by atoms with Crippen LogP contribution in [0.5, 0.6) is 0 Å². The second-order valence-corrected chi connectivity index (χ2v) is 7.60. The fraction of sp³-hybridized carbons (Fsp3) is 0.0417. The van der Waals surface area contributed by atoms with E-state index in [-0.39, 0.29) is 44.4 Å². The molecule has 0 saturated heterocycles. The molecule has 3 aromatic carbocycles. The van der Waals surface area contributed by atoms with Crippen molar-refractivity contribution >= 4 is 40.6 Å². The standard InChI is InChI=1S/C24H17ClN4O3/c1-13(30)16-8-7-15(14-5-3-2-4-6-14)9-22(16)29-23(31)17-10-19(21(26)12-28-27)20(25)11-18(17)24(29)32/h2-12,27H,26H2,1H3/b21-12-,28-27?. The number of nitrogens with zero attached hydrogens (tertiary/aromatic N) is 2. The Kier molecular flexibility index (Phi) is 5.42. The molecular weight excluding hydrogens is 428 g/mol. The number of rotatable bonds is 5. The molecule has 0 radical (unpaired) electrons. The average Bonchev–Trinajstić information content (AvgIpc) is 3.02. The zero-order valence-electron chi connectivity index (χ0n) is 16.9. The van der Waals surface area contributed by atoms with E-state index in [4.69, 9.17) is 22.9 Å². The van der Waals surface area contributed by atoms with Gasteiger partial charge in [-0.25, -0.2) is 10.4 Å².